The molecular weight excluding hydrogens is 286 g/mol. The van der Waals surface area contributed by atoms with E-state index in [2.05, 4.69) is 10.6 Å². The van der Waals surface area contributed by atoms with E-state index in [-0.39, 0.29) is 11.8 Å². The Hall–Kier alpha value is -1.53. The molecule has 116 valence electrons. The van der Waals surface area contributed by atoms with Gasteiger partial charge in [-0.3, -0.25) is 9.59 Å². The van der Waals surface area contributed by atoms with Gasteiger partial charge < -0.3 is 16.4 Å². The highest BCUT2D eigenvalue weighted by Crippen LogP contribution is 2.04. The van der Waals surface area contributed by atoms with Crippen LogP contribution in [0, 0.1) is 0 Å². The average molecular weight is 309 g/mol. The van der Waals surface area contributed by atoms with E-state index in [1.807, 2.05) is 36.6 Å². The molecule has 0 spiro atoms. The Kier molecular flexibility index (Phi) is 7.85. The van der Waals surface area contributed by atoms with Crippen molar-refractivity contribution in [1.82, 2.24) is 10.6 Å². The van der Waals surface area contributed by atoms with E-state index in [9.17, 15) is 9.59 Å². The Bertz CT molecular complexity index is 453. The molecule has 0 saturated carbocycles. The largest absolute Gasteiger partial charge is 0.357 e. The van der Waals surface area contributed by atoms with Gasteiger partial charge in [0.05, 0.1) is 6.04 Å². The number of carbonyl (C=O) groups excluding carboxylic acids is 2. The maximum atomic E-state index is 12.1. The fourth-order valence-corrected chi connectivity index (χ4v) is 2.39. The molecule has 6 heteroatoms. The van der Waals surface area contributed by atoms with Crippen LogP contribution in [0.4, 0.5) is 0 Å². The second kappa shape index (κ2) is 9.41. The van der Waals surface area contributed by atoms with Crippen molar-refractivity contribution >= 4 is 23.6 Å². The van der Waals surface area contributed by atoms with Gasteiger partial charge >= 0.3 is 0 Å². The van der Waals surface area contributed by atoms with Crippen LogP contribution in [0.15, 0.2) is 30.3 Å². The van der Waals surface area contributed by atoms with Gasteiger partial charge in [0, 0.05) is 7.05 Å². The molecule has 1 aromatic carbocycles. The maximum absolute atomic E-state index is 12.1. The first-order chi connectivity index (χ1) is 10.1. The van der Waals surface area contributed by atoms with Crippen LogP contribution in [0.5, 0.6) is 0 Å². The van der Waals surface area contributed by atoms with Gasteiger partial charge in [-0.2, -0.15) is 11.8 Å². The van der Waals surface area contributed by atoms with Crippen molar-refractivity contribution < 1.29 is 9.59 Å². The van der Waals surface area contributed by atoms with Gasteiger partial charge in [-0.15, -0.1) is 0 Å². The molecule has 0 heterocycles. The van der Waals surface area contributed by atoms with Crippen LogP contribution in [-0.2, 0) is 16.0 Å². The van der Waals surface area contributed by atoms with E-state index in [1.54, 1.807) is 18.8 Å². The van der Waals surface area contributed by atoms with E-state index in [0.717, 1.165) is 11.3 Å². The van der Waals surface area contributed by atoms with E-state index >= 15 is 0 Å². The van der Waals surface area contributed by atoms with Gasteiger partial charge in [-0.25, -0.2) is 0 Å². The highest BCUT2D eigenvalue weighted by molar-refractivity contribution is 7.98. The minimum atomic E-state index is -0.658. The molecule has 0 radical (unpaired) electrons. The van der Waals surface area contributed by atoms with Crippen molar-refractivity contribution in [2.45, 2.75) is 24.9 Å². The molecular formula is C15H23N3O2S. The summed E-state index contributed by atoms with van der Waals surface area (Å²) in [5.74, 6) is 0.310. The summed E-state index contributed by atoms with van der Waals surface area (Å²) in [6.45, 7) is 0. The Morgan fingerprint density at radius 1 is 1.24 bits per heavy atom. The molecule has 0 unspecified atom stereocenters. The topological polar surface area (TPSA) is 84.2 Å². The number of thioether (sulfide) groups is 1. The second-order valence-corrected chi connectivity index (χ2v) is 5.74. The Morgan fingerprint density at radius 2 is 1.90 bits per heavy atom. The predicted octanol–water partition coefficient (Wildman–Crippen LogP) is 0.540. The average Bonchev–Trinajstić information content (AvgIpc) is 2.51. The first-order valence-electron chi connectivity index (χ1n) is 6.89. The van der Waals surface area contributed by atoms with Gasteiger partial charge in [0.2, 0.25) is 11.8 Å². The van der Waals surface area contributed by atoms with Crippen LogP contribution in [0.25, 0.3) is 0 Å². The number of rotatable bonds is 8. The molecule has 5 nitrogen and oxygen atoms in total. The number of hydrogen-bond donors (Lipinski definition) is 3. The fraction of sp³-hybridized carbons (Fsp3) is 0.467. The Morgan fingerprint density at radius 3 is 2.48 bits per heavy atom. The Labute approximate surface area is 130 Å². The first kappa shape index (κ1) is 17.5. The number of likely N-dealkylation sites (N-methyl/N-ethyl adjacent to an activating group) is 1. The molecule has 1 rings (SSSR count). The van der Waals surface area contributed by atoms with Crippen LogP contribution in [0.2, 0.25) is 0 Å². The van der Waals surface area contributed by atoms with Crippen molar-refractivity contribution in [2.24, 2.45) is 5.73 Å². The summed E-state index contributed by atoms with van der Waals surface area (Å²) in [7, 11) is 1.56. The smallest absolute Gasteiger partial charge is 0.242 e. The maximum Gasteiger partial charge on any atom is 0.242 e. The SMILES string of the molecule is CNC(=O)[C@H](CCSC)NC(=O)[C@@H](N)Cc1ccccc1. The first-order valence-corrected chi connectivity index (χ1v) is 8.28. The summed E-state index contributed by atoms with van der Waals surface area (Å²) in [6.07, 6.45) is 3.00. The minimum Gasteiger partial charge on any atom is -0.357 e. The molecule has 0 fully saturated rings. The number of hydrogen-bond acceptors (Lipinski definition) is 4. The zero-order valence-corrected chi connectivity index (χ0v) is 13.3. The van der Waals surface area contributed by atoms with Gasteiger partial charge in [0.1, 0.15) is 6.04 Å². The lowest BCUT2D eigenvalue weighted by atomic mass is 10.1. The van der Waals surface area contributed by atoms with Gasteiger partial charge in [-0.05, 0) is 30.4 Å². The van der Waals surface area contributed by atoms with Gasteiger partial charge in [-0.1, -0.05) is 30.3 Å². The Balaban J connectivity index is 2.57. The summed E-state index contributed by atoms with van der Waals surface area (Å²) < 4.78 is 0. The molecule has 4 N–H and O–H groups in total. The quantitative estimate of drug-likeness (QED) is 0.654. The van der Waals surface area contributed by atoms with E-state index in [1.165, 1.54) is 0 Å². The standard InChI is InChI=1S/C15H23N3O2S/c1-17-15(20)13(8-9-21-2)18-14(19)12(16)10-11-6-4-3-5-7-11/h3-7,12-13H,8-10,16H2,1-2H3,(H,17,20)(H,18,19)/t12-,13-/m0/s1. The third kappa shape index (κ3) is 6.18. The zero-order chi connectivity index (χ0) is 15.7. The minimum absolute atomic E-state index is 0.190. The summed E-state index contributed by atoms with van der Waals surface area (Å²) in [4.78, 5) is 23.9. The van der Waals surface area contributed by atoms with Crippen molar-refractivity contribution in [3.05, 3.63) is 35.9 Å². The predicted molar refractivity (Wildman–Crippen MR) is 87.1 cm³/mol. The number of benzene rings is 1. The van der Waals surface area contributed by atoms with E-state index in [4.69, 9.17) is 5.73 Å². The van der Waals surface area contributed by atoms with Crippen molar-refractivity contribution in [2.75, 3.05) is 19.1 Å². The lowest BCUT2D eigenvalue weighted by Crippen LogP contribution is -2.51. The zero-order valence-electron chi connectivity index (χ0n) is 12.5. The third-order valence-electron chi connectivity index (χ3n) is 3.13. The van der Waals surface area contributed by atoms with Crippen LogP contribution in [0.1, 0.15) is 12.0 Å². The molecule has 0 bridgehead atoms. The summed E-state index contributed by atoms with van der Waals surface area (Å²) in [5, 5.41) is 5.30. The van der Waals surface area contributed by atoms with Crippen molar-refractivity contribution in [3.63, 3.8) is 0 Å². The number of nitrogens with one attached hydrogen (secondary N) is 2. The number of amides is 2. The lowest BCUT2D eigenvalue weighted by Gasteiger charge is -2.19. The molecule has 1 aromatic rings. The molecule has 0 aliphatic rings. The lowest BCUT2D eigenvalue weighted by molar-refractivity contribution is -0.129. The number of nitrogens with two attached hydrogens (primary N) is 1. The van der Waals surface area contributed by atoms with Crippen LogP contribution in [0.3, 0.4) is 0 Å². The van der Waals surface area contributed by atoms with Crippen LogP contribution in [-0.4, -0.2) is 43.0 Å². The van der Waals surface area contributed by atoms with Gasteiger partial charge in [0.15, 0.2) is 0 Å². The molecule has 0 aliphatic heterocycles. The molecule has 2 amide bonds. The van der Waals surface area contributed by atoms with Crippen LogP contribution >= 0.6 is 11.8 Å². The monoisotopic (exact) mass is 309 g/mol. The molecule has 0 saturated heterocycles. The number of carbonyl (C=O) groups is 2. The summed E-state index contributed by atoms with van der Waals surface area (Å²) >= 11 is 1.63. The van der Waals surface area contributed by atoms with Gasteiger partial charge in [0.25, 0.3) is 0 Å². The third-order valence-corrected chi connectivity index (χ3v) is 3.77. The second-order valence-electron chi connectivity index (χ2n) is 4.75. The summed E-state index contributed by atoms with van der Waals surface area (Å²) in [5.41, 5.74) is 6.92. The van der Waals surface area contributed by atoms with E-state index < -0.39 is 12.1 Å². The fourth-order valence-electron chi connectivity index (χ4n) is 1.92. The molecule has 2 atom stereocenters. The summed E-state index contributed by atoms with van der Waals surface area (Å²) in [6, 6.07) is 8.40. The normalized spacial score (nSPS) is 13.3. The molecule has 0 aromatic heterocycles. The van der Waals surface area contributed by atoms with E-state index in [0.29, 0.717) is 12.8 Å². The van der Waals surface area contributed by atoms with Crippen molar-refractivity contribution in [1.29, 1.82) is 0 Å². The molecule has 21 heavy (non-hydrogen) atoms. The highest BCUT2D eigenvalue weighted by Gasteiger charge is 2.22. The van der Waals surface area contributed by atoms with Crippen LogP contribution < -0.4 is 16.4 Å². The van der Waals surface area contributed by atoms with Crippen molar-refractivity contribution in [3.8, 4) is 0 Å². The molecule has 0 aliphatic carbocycles. The highest BCUT2D eigenvalue weighted by atomic mass is 32.2.